The first-order valence-electron chi connectivity index (χ1n) is 6.63. The molecule has 2 rings (SSSR count). The van der Waals surface area contributed by atoms with Crippen LogP contribution in [0.4, 0.5) is 14.5 Å². The molecule has 112 valence electrons. The number of nitrogens with zero attached hydrogens (tertiary/aromatic N) is 1. The summed E-state index contributed by atoms with van der Waals surface area (Å²) in [6.45, 7) is 4.20. The van der Waals surface area contributed by atoms with E-state index in [0.717, 1.165) is 12.1 Å². The third kappa shape index (κ3) is 3.09. The molecule has 0 amide bonds. The van der Waals surface area contributed by atoms with E-state index >= 15 is 0 Å². The standard InChI is InChI=1S/C13H18F2N2O2S/c1-2-7-20(18,19)13-9-10(14)12(8-11(13)15)17-5-3-16-4-6-17/h8-9,16H,2-7H2,1H3. The van der Waals surface area contributed by atoms with Gasteiger partial charge in [0.1, 0.15) is 16.5 Å². The Morgan fingerprint density at radius 2 is 1.85 bits per heavy atom. The van der Waals surface area contributed by atoms with Gasteiger partial charge in [0.15, 0.2) is 9.84 Å². The van der Waals surface area contributed by atoms with E-state index in [1.807, 2.05) is 0 Å². The molecule has 1 aliphatic heterocycles. The summed E-state index contributed by atoms with van der Waals surface area (Å²) in [7, 11) is -3.76. The molecule has 1 N–H and O–H groups in total. The van der Waals surface area contributed by atoms with Crippen LogP contribution in [0.1, 0.15) is 13.3 Å². The molecule has 1 saturated heterocycles. The Kier molecular flexibility index (Phi) is 4.59. The Balaban J connectivity index is 2.38. The Labute approximate surface area is 117 Å². The molecule has 0 spiro atoms. The maximum absolute atomic E-state index is 14.1. The van der Waals surface area contributed by atoms with Gasteiger partial charge in [-0.25, -0.2) is 17.2 Å². The fourth-order valence-electron chi connectivity index (χ4n) is 2.28. The zero-order chi connectivity index (χ0) is 14.8. The molecule has 0 atom stereocenters. The molecule has 0 unspecified atom stereocenters. The minimum absolute atomic E-state index is 0.124. The molecule has 20 heavy (non-hydrogen) atoms. The average Bonchev–Trinajstić information content (AvgIpc) is 2.41. The summed E-state index contributed by atoms with van der Waals surface area (Å²) in [5.41, 5.74) is 0.124. The maximum Gasteiger partial charge on any atom is 0.181 e. The van der Waals surface area contributed by atoms with Crippen LogP contribution in [-0.4, -0.2) is 40.3 Å². The van der Waals surface area contributed by atoms with E-state index in [1.54, 1.807) is 11.8 Å². The van der Waals surface area contributed by atoms with Crippen LogP contribution in [0.5, 0.6) is 0 Å². The highest BCUT2D eigenvalue weighted by Gasteiger charge is 2.23. The first-order valence-corrected chi connectivity index (χ1v) is 8.28. The second-order valence-corrected chi connectivity index (χ2v) is 6.87. The van der Waals surface area contributed by atoms with Gasteiger partial charge in [0, 0.05) is 32.2 Å². The van der Waals surface area contributed by atoms with Gasteiger partial charge < -0.3 is 10.2 Å². The van der Waals surface area contributed by atoms with Gasteiger partial charge in [0.05, 0.1) is 11.4 Å². The predicted molar refractivity (Wildman–Crippen MR) is 73.8 cm³/mol. The first-order chi connectivity index (χ1) is 9.45. The summed E-state index contributed by atoms with van der Waals surface area (Å²) >= 11 is 0. The topological polar surface area (TPSA) is 49.4 Å². The molecule has 0 saturated carbocycles. The Bertz CT molecular complexity index is 584. The maximum atomic E-state index is 14.1. The van der Waals surface area contributed by atoms with Crippen molar-refractivity contribution in [3.8, 4) is 0 Å². The lowest BCUT2D eigenvalue weighted by molar-refractivity contribution is 0.539. The van der Waals surface area contributed by atoms with Crippen LogP contribution in [0.15, 0.2) is 17.0 Å². The van der Waals surface area contributed by atoms with E-state index in [-0.39, 0.29) is 11.4 Å². The van der Waals surface area contributed by atoms with Gasteiger partial charge in [-0.1, -0.05) is 6.92 Å². The van der Waals surface area contributed by atoms with Crippen molar-refractivity contribution in [3.05, 3.63) is 23.8 Å². The monoisotopic (exact) mass is 304 g/mol. The minimum Gasteiger partial charge on any atom is -0.367 e. The van der Waals surface area contributed by atoms with Crippen LogP contribution in [0, 0.1) is 11.6 Å². The van der Waals surface area contributed by atoms with Crippen LogP contribution in [0.25, 0.3) is 0 Å². The summed E-state index contributed by atoms with van der Waals surface area (Å²) in [5, 5.41) is 3.12. The van der Waals surface area contributed by atoms with Crippen LogP contribution in [0.3, 0.4) is 0 Å². The number of anilines is 1. The average molecular weight is 304 g/mol. The molecule has 1 aromatic carbocycles. The first kappa shape index (κ1) is 15.2. The van der Waals surface area contributed by atoms with Crippen LogP contribution in [-0.2, 0) is 9.84 Å². The van der Waals surface area contributed by atoms with Crippen molar-refractivity contribution in [2.45, 2.75) is 18.2 Å². The summed E-state index contributed by atoms with van der Waals surface area (Å²) < 4.78 is 51.8. The number of piperazine rings is 1. The molecular weight excluding hydrogens is 286 g/mol. The molecule has 7 heteroatoms. The van der Waals surface area contributed by atoms with E-state index in [2.05, 4.69) is 5.32 Å². The van der Waals surface area contributed by atoms with Crippen molar-refractivity contribution in [1.82, 2.24) is 5.32 Å². The highest BCUT2D eigenvalue weighted by molar-refractivity contribution is 7.91. The molecule has 1 fully saturated rings. The van der Waals surface area contributed by atoms with E-state index in [0.29, 0.717) is 32.6 Å². The summed E-state index contributed by atoms with van der Waals surface area (Å²) in [6.07, 6.45) is 0.364. The van der Waals surface area contributed by atoms with E-state index < -0.39 is 26.4 Å². The second-order valence-electron chi connectivity index (χ2n) is 4.79. The lowest BCUT2D eigenvalue weighted by Crippen LogP contribution is -2.44. The van der Waals surface area contributed by atoms with Gasteiger partial charge in [-0.15, -0.1) is 0 Å². The van der Waals surface area contributed by atoms with Crippen LogP contribution < -0.4 is 10.2 Å². The van der Waals surface area contributed by atoms with Gasteiger partial charge in [0.25, 0.3) is 0 Å². The molecule has 0 aliphatic carbocycles. The van der Waals surface area contributed by atoms with Crippen molar-refractivity contribution < 1.29 is 17.2 Å². The summed E-state index contributed by atoms with van der Waals surface area (Å²) in [6, 6.07) is 1.79. The fourth-order valence-corrected chi connectivity index (χ4v) is 3.68. The predicted octanol–water partition coefficient (Wildman–Crippen LogP) is 1.56. The van der Waals surface area contributed by atoms with E-state index in [9.17, 15) is 17.2 Å². The van der Waals surface area contributed by atoms with E-state index in [1.165, 1.54) is 0 Å². The molecule has 1 aromatic rings. The highest BCUT2D eigenvalue weighted by Crippen LogP contribution is 2.27. The molecule has 0 radical (unpaired) electrons. The van der Waals surface area contributed by atoms with Gasteiger partial charge in [-0.05, 0) is 12.5 Å². The quantitative estimate of drug-likeness (QED) is 0.917. The number of hydrogen-bond donors (Lipinski definition) is 1. The van der Waals surface area contributed by atoms with E-state index in [4.69, 9.17) is 0 Å². The van der Waals surface area contributed by atoms with Crippen LogP contribution >= 0.6 is 0 Å². The number of rotatable bonds is 4. The van der Waals surface area contributed by atoms with Gasteiger partial charge in [-0.2, -0.15) is 0 Å². The second kappa shape index (κ2) is 6.05. The summed E-state index contributed by atoms with van der Waals surface area (Å²) in [5.74, 6) is -1.76. The van der Waals surface area contributed by atoms with Crippen molar-refractivity contribution >= 4 is 15.5 Å². The largest absolute Gasteiger partial charge is 0.367 e. The van der Waals surface area contributed by atoms with Gasteiger partial charge >= 0.3 is 0 Å². The normalized spacial score (nSPS) is 16.4. The third-order valence-electron chi connectivity index (χ3n) is 3.27. The number of hydrogen-bond acceptors (Lipinski definition) is 4. The third-order valence-corrected chi connectivity index (χ3v) is 5.20. The van der Waals surface area contributed by atoms with Crippen molar-refractivity contribution in [2.75, 3.05) is 36.8 Å². The Morgan fingerprint density at radius 3 is 2.45 bits per heavy atom. The number of sulfone groups is 1. The molecule has 4 nitrogen and oxygen atoms in total. The van der Waals surface area contributed by atoms with Gasteiger partial charge in [-0.3, -0.25) is 0 Å². The highest BCUT2D eigenvalue weighted by atomic mass is 32.2. The fraction of sp³-hybridized carbons (Fsp3) is 0.538. The number of nitrogens with one attached hydrogen (secondary N) is 1. The summed E-state index contributed by atoms with van der Waals surface area (Å²) in [4.78, 5) is 1.17. The Hall–Kier alpha value is -1.21. The van der Waals surface area contributed by atoms with Crippen molar-refractivity contribution in [1.29, 1.82) is 0 Å². The number of halogens is 2. The van der Waals surface area contributed by atoms with Gasteiger partial charge in [0.2, 0.25) is 0 Å². The SMILES string of the molecule is CCCS(=O)(=O)c1cc(F)c(N2CCNCC2)cc1F. The zero-order valence-corrected chi connectivity index (χ0v) is 12.1. The smallest absolute Gasteiger partial charge is 0.181 e. The van der Waals surface area contributed by atoms with Crippen molar-refractivity contribution in [2.24, 2.45) is 0 Å². The number of benzene rings is 1. The molecular formula is C13H18F2N2O2S. The zero-order valence-electron chi connectivity index (χ0n) is 11.3. The van der Waals surface area contributed by atoms with Crippen LogP contribution in [0.2, 0.25) is 0 Å². The van der Waals surface area contributed by atoms with Crippen molar-refractivity contribution in [3.63, 3.8) is 0 Å². The molecule has 1 heterocycles. The lowest BCUT2D eigenvalue weighted by atomic mass is 10.2. The lowest BCUT2D eigenvalue weighted by Gasteiger charge is -2.29. The molecule has 0 bridgehead atoms. The Morgan fingerprint density at radius 1 is 1.20 bits per heavy atom. The molecule has 0 aromatic heterocycles. The molecule has 1 aliphatic rings. The minimum atomic E-state index is -3.76.